The monoisotopic (exact) mass is 248 g/mol. The van der Waals surface area contributed by atoms with E-state index in [9.17, 15) is 4.79 Å². The summed E-state index contributed by atoms with van der Waals surface area (Å²) >= 11 is 14.6. The van der Waals surface area contributed by atoms with Gasteiger partial charge in [-0.05, 0) is 0 Å². The smallest absolute Gasteiger partial charge is 0.245 e. The molecule has 1 aliphatic heterocycles. The summed E-state index contributed by atoms with van der Waals surface area (Å²) in [6.45, 7) is 3.35. The zero-order valence-corrected chi connectivity index (χ0v) is 9.11. The summed E-state index contributed by atoms with van der Waals surface area (Å²) in [5, 5.41) is 13.1. The van der Waals surface area contributed by atoms with Crippen LogP contribution in [-0.2, 0) is 4.79 Å². The number of hydrogen-bond acceptors (Lipinski definition) is 4. The van der Waals surface area contributed by atoms with Crippen LogP contribution in [0.15, 0.2) is 0 Å². The van der Waals surface area contributed by atoms with Gasteiger partial charge in [0, 0.05) is 26.2 Å². The van der Waals surface area contributed by atoms with E-state index in [0.29, 0.717) is 0 Å². The van der Waals surface area contributed by atoms with Crippen molar-refractivity contribution in [1.82, 2.24) is 10.4 Å². The lowest BCUT2D eigenvalue weighted by molar-refractivity contribution is -0.107. The third-order valence-electron chi connectivity index (χ3n) is 1.23. The highest BCUT2D eigenvalue weighted by Gasteiger charge is 2.16. The Bertz CT molecular complexity index is 145. The predicted octanol–water partition coefficient (Wildman–Crippen LogP) is 0.836. The van der Waals surface area contributed by atoms with Gasteiger partial charge in [0.15, 0.2) is 6.29 Å². The Balaban J connectivity index is 0.000000226. The number of hydroxylamine groups is 2. The van der Waals surface area contributed by atoms with Crippen LogP contribution < -0.4 is 5.32 Å². The second-order valence-corrected chi connectivity index (χ2v) is 4.73. The number of hydrogen-bond donors (Lipinski definition) is 2. The van der Waals surface area contributed by atoms with Crippen molar-refractivity contribution in [2.75, 3.05) is 26.2 Å². The van der Waals surface area contributed by atoms with E-state index < -0.39 is 3.79 Å². The highest BCUT2D eigenvalue weighted by molar-refractivity contribution is 6.74. The molecule has 0 spiro atoms. The Kier molecular flexibility index (Phi) is 7.03. The van der Waals surface area contributed by atoms with Crippen molar-refractivity contribution < 1.29 is 10.0 Å². The molecule has 0 saturated carbocycles. The molecule has 1 fully saturated rings. The first kappa shape index (κ1) is 13.4. The zero-order valence-electron chi connectivity index (χ0n) is 6.84. The Morgan fingerprint density at radius 1 is 1.31 bits per heavy atom. The summed E-state index contributed by atoms with van der Waals surface area (Å²) in [4.78, 5) is 9.43. The van der Waals surface area contributed by atoms with E-state index in [-0.39, 0.29) is 6.29 Å². The Labute approximate surface area is 91.7 Å². The van der Waals surface area contributed by atoms with Gasteiger partial charge in [-0.25, -0.2) is 0 Å². The van der Waals surface area contributed by atoms with E-state index in [1.165, 1.54) is 5.06 Å². The molecule has 1 rings (SSSR count). The van der Waals surface area contributed by atoms with Gasteiger partial charge in [-0.3, -0.25) is 4.79 Å². The molecule has 0 radical (unpaired) electrons. The van der Waals surface area contributed by atoms with Gasteiger partial charge in [0.1, 0.15) is 0 Å². The van der Waals surface area contributed by atoms with Crippen LogP contribution in [0.4, 0.5) is 0 Å². The third-order valence-corrected chi connectivity index (χ3v) is 1.49. The van der Waals surface area contributed by atoms with Crippen molar-refractivity contribution in [3.63, 3.8) is 0 Å². The SMILES string of the molecule is O=CC(Cl)(Cl)Cl.ON1CCNCC1. The van der Waals surface area contributed by atoms with E-state index >= 15 is 0 Å². The summed E-state index contributed by atoms with van der Waals surface area (Å²) in [7, 11) is 0. The third kappa shape index (κ3) is 10.3. The molecular weight excluding hydrogens is 238 g/mol. The van der Waals surface area contributed by atoms with Gasteiger partial charge in [0.25, 0.3) is 0 Å². The van der Waals surface area contributed by atoms with Gasteiger partial charge in [0.2, 0.25) is 3.79 Å². The molecular formula is C6H11Cl3N2O2. The highest BCUT2D eigenvalue weighted by Crippen LogP contribution is 2.21. The van der Waals surface area contributed by atoms with Crippen LogP contribution in [0.5, 0.6) is 0 Å². The molecule has 0 amide bonds. The fourth-order valence-corrected chi connectivity index (χ4v) is 0.653. The minimum Gasteiger partial charge on any atom is -0.314 e. The van der Waals surface area contributed by atoms with Crippen LogP contribution >= 0.6 is 34.8 Å². The molecule has 0 bridgehead atoms. The van der Waals surface area contributed by atoms with Crippen molar-refractivity contribution in [3.8, 4) is 0 Å². The minimum atomic E-state index is -1.72. The number of carbonyl (C=O) groups excluding carboxylic acids is 1. The molecule has 0 unspecified atom stereocenters. The van der Waals surface area contributed by atoms with Crippen LogP contribution in [0, 0.1) is 0 Å². The lowest BCUT2D eigenvalue weighted by Crippen LogP contribution is -2.41. The first-order valence-electron chi connectivity index (χ1n) is 3.63. The normalized spacial score (nSPS) is 18.8. The largest absolute Gasteiger partial charge is 0.314 e. The highest BCUT2D eigenvalue weighted by atomic mass is 35.6. The average Bonchev–Trinajstić information content (AvgIpc) is 2.06. The van der Waals surface area contributed by atoms with Gasteiger partial charge >= 0.3 is 0 Å². The number of alkyl halides is 3. The number of halogens is 3. The van der Waals surface area contributed by atoms with E-state index in [1.807, 2.05) is 0 Å². The maximum absolute atomic E-state index is 9.43. The number of aldehydes is 1. The molecule has 1 aliphatic rings. The first-order chi connectivity index (χ1) is 5.95. The van der Waals surface area contributed by atoms with Crippen molar-refractivity contribution in [1.29, 1.82) is 0 Å². The van der Waals surface area contributed by atoms with Crippen LogP contribution in [-0.4, -0.2) is 46.5 Å². The molecule has 13 heavy (non-hydrogen) atoms. The molecule has 1 saturated heterocycles. The predicted molar refractivity (Wildman–Crippen MR) is 52.6 cm³/mol. The number of rotatable bonds is 0. The van der Waals surface area contributed by atoms with Gasteiger partial charge in [-0.2, -0.15) is 5.06 Å². The zero-order chi connectivity index (χ0) is 10.3. The first-order valence-corrected chi connectivity index (χ1v) is 4.76. The maximum atomic E-state index is 9.43. The molecule has 4 nitrogen and oxygen atoms in total. The number of nitrogens with zero attached hydrogens (tertiary/aromatic N) is 1. The standard InChI is InChI=1S/C4H10N2O.C2HCl3O/c7-6-3-1-5-2-4-6;3-2(4,5)1-6/h5,7H,1-4H2;1H. The molecule has 78 valence electrons. The molecule has 0 aromatic heterocycles. The lowest BCUT2D eigenvalue weighted by Gasteiger charge is -2.19. The van der Waals surface area contributed by atoms with Crippen molar-refractivity contribution in [2.45, 2.75) is 3.79 Å². The second-order valence-electron chi connectivity index (χ2n) is 2.36. The number of nitrogens with one attached hydrogen (secondary N) is 1. The van der Waals surface area contributed by atoms with Crippen molar-refractivity contribution in [2.24, 2.45) is 0 Å². The van der Waals surface area contributed by atoms with Crippen molar-refractivity contribution in [3.05, 3.63) is 0 Å². The van der Waals surface area contributed by atoms with Gasteiger partial charge < -0.3 is 10.5 Å². The molecule has 0 aliphatic carbocycles. The second kappa shape index (κ2) is 6.81. The molecule has 2 N–H and O–H groups in total. The fraction of sp³-hybridized carbons (Fsp3) is 0.833. The summed E-state index contributed by atoms with van der Waals surface area (Å²) in [6, 6.07) is 0. The summed E-state index contributed by atoms with van der Waals surface area (Å²) < 4.78 is -1.72. The molecule has 0 aromatic rings. The van der Waals surface area contributed by atoms with E-state index in [1.54, 1.807) is 0 Å². The Morgan fingerprint density at radius 2 is 1.69 bits per heavy atom. The topological polar surface area (TPSA) is 52.6 Å². The van der Waals surface area contributed by atoms with Crippen LogP contribution in [0.25, 0.3) is 0 Å². The quantitative estimate of drug-likeness (QED) is 0.493. The molecule has 1 heterocycles. The van der Waals surface area contributed by atoms with Crippen molar-refractivity contribution >= 4 is 41.1 Å². The van der Waals surface area contributed by atoms with E-state index in [4.69, 9.17) is 40.0 Å². The van der Waals surface area contributed by atoms with Gasteiger partial charge in [-0.15, -0.1) is 0 Å². The summed E-state index contributed by atoms with van der Waals surface area (Å²) in [5.74, 6) is 0. The van der Waals surface area contributed by atoms with Gasteiger partial charge in [0.05, 0.1) is 0 Å². The van der Waals surface area contributed by atoms with Gasteiger partial charge in [-0.1, -0.05) is 34.8 Å². The maximum Gasteiger partial charge on any atom is 0.245 e. The minimum absolute atomic E-state index is 0.234. The van der Waals surface area contributed by atoms with E-state index in [2.05, 4.69) is 5.32 Å². The van der Waals surface area contributed by atoms with Crippen LogP contribution in [0.3, 0.4) is 0 Å². The summed E-state index contributed by atoms with van der Waals surface area (Å²) in [5.41, 5.74) is 0. The fourth-order valence-electron chi connectivity index (χ4n) is 0.653. The van der Waals surface area contributed by atoms with Crippen LogP contribution in [0.1, 0.15) is 0 Å². The Hall–Kier alpha value is 0.420. The van der Waals surface area contributed by atoms with Crippen LogP contribution in [0.2, 0.25) is 0 Å². The molecule has 0 atom stereocenters. The molecule has 7 heteroatoms. The van der Waals surface area contributed by atoms with E-state index in [0.717, 1.165) is 26.2 Å². The summed E-state index contributed by atoms with van der Waals surface area (Å²) in [6.07, 6.45) is 0.234. The molecule has 0 aromatic carbocycles. The average molecular weight is 250 g/mol. The number of carbonyl (C=O) groups is 1. The number of piperazine rings is 1. The Morgan fingerprint density at radius 3 is 1.85 bits per heavy atom. The lowest BCUT2D eigenvalue weighted by atomic mass is 10.4.